The van der Waals surface area contributed by atoms with Crippen molar-refractivity contribution < 1.29 is 9.59 Å². The number of nitrogens with one attached hydrogen (secondary N) is 1. The van der Waals surface area contributed by atoms with Crippen molar-refractivity contribution in [1.82, 2.24) is 0 Å². The first kappa shape index (κ1) is 16.3. The fraction of sp³-hybridized carbons (Fsp3) is 0.158. The van der Waals surface area contributed by atoms with Gasteiger partial charge in [0, 0.05) is 35.9 Å². The molecule has 122 valence electrons. The van der Waals surface area contributed by atoms with Crippen LogP contribution in [-0.2, 0) is 16.0 Å². The number of hydrogen-bond acceptors (Lipinski definition) is 2. The molecule has 0 saturated heterocycles. The maximum atomic E-state index is 12.1. The van der Waals surface area contributed by atoms with Crippen LogP contribution in [0.5, 0.6) is 0 Å². The Morgan fingerprint density at radius 3 is 2.79 bits per heavy atom. The van der Waals surface area contributed by atoms with Gasteiger partial charge < -0.3 is 10.2 Å². The maximum absolute atomic E-state index is 12.1. The molecule has 0 bridgehead atoms. The zero-order valence-corrected chi connectivity index (χ0v) is 14.0. The molecule has 1 heterocycles. The molecule has 0 saturated carbocycles. The first-order valence-electron chi connectivity index (χ1n) is 7.67. The third kappa shape index (κ3) is 3.49. The number of anilines is 2. The number of rotatable bonds is 3. The molecule has 3 rings (SSSR count). The lowest BCUT2D eigenvalue weighted by Gasteiger charge is -2.26. The largest absolute Gasteiger partial charge is 0.323 e. The predicted molar refractivity (Wildman–Crippen MR) is 97.3 cm³/mol. The van der Waals surface area contributed by atoms with Crippen LogP contribution in [0.2, 0.25) is 5.02 Å². The minimum atomic E-state index is -0.227. The van der Waals surface area contributed by atoms with Gasteiger partial charge in [0.1, 0.15) is 0 Å². The van der Waals surface area contributed by atoms with Crippen molar-refractivity contribution in [2.45, 2.75) is 12.8 Å². The Hall–Kier alpha value is -2.59. The molecule has 0 spiro atoms. The number of nitrogens with zero attached hydrogens (tertiary/aromatic N) is 1. The summed E-state index contributed by atoms with van der Waals surface area (Å²) in [4.78, 5) is 25.4. The average Bonchev–Trinajstić information content (AvgIpc) is 2.57. The summed E-state index contributed by atoms with van der Waals surface area (Å²) in [6, 6.07) is 12.9. The summed E-state index contributed by atoms with van der Waals surface area (Å²) in [5.74, 6) is -0.114. The van der Waals surface area contributed by atoms with Crippen LogP contribution in [0.1, 0.15) is 17.5 Å². The number of fused-ring (bicyclic) bond motifs is 1. The molecule has 0 unspecified atom stereocenters. The molecule has 0 atom stereocenters. The van der Waals surface area contributed by atoms with E-state index in [0.717, 1.165) is 16.8 Å². The number of amides is 2. The maximum Gasteiger partial charge on any atom is 0.248 e. The van der Waals surface area contributed by atoms with Gasteiger partial charge in [-0.2, -0.15) is 0 Å². The Kier molecular flexibility index (Phi) is 4.67. The highest BCUT2D eigenvalue weighted by Crippen LogP contribution is 2.29. The van der Waals surface area contributed by atoms with E-state index in [0.29, 0.717) is 23.6 Å². The van der Waals surface area contributed by atoms with E-state index >= 15 is 0 Å². The molecular formula is C19H17ClN2O2. The predicted octanol–water partition coefficient (Wildman–Crippen LogP) is 3.90. The number of carbonyl (C=O) groups excluding carboxylic acids is 2. The van der Waals surface area contributed by atoms with E-state index in [4.69, 9.17) is 11.6 Å². The molecule has 0 fully saturated rings. The second-order valence-corrected chi connectivity index (χ2v) is 6.05. The van der Waals surface area contributed by atoms with Crippen LogP contribution in [0.4, 0.5) is 11.4 Å². The number of carbonyl (C=O) groups is 2. The van der Waals surface area contributed by atoms with E-state index < -0.39 is 0 Å². The molecule has 4 nitrogen and oxygen atoms in total. The lowest BCUT2D eigenvalue weighted by molar-refractivity contribution is -0.118. The van der Waals surface area contributed by atoms with Gasteiger partial charge in [-0.3, -0.25) is 9.59 Å². The third-order valence-electron chi connectivity index (χ3n) is 4.01. The highest BCUT2D eigenvalue weighted by Gasteiger charge is 2.20. The summed E-state index contributed by atoms with van der Waals surface area (Å²) >= 11 is 6.06. The molecule has 1 aliphatic heterocycles. The van der Waals surface area contributed by atoms with Crippen LogP contribution in [-0.4, -0.2) is 18.9 Å². The van der Waals surface area contributed by atoms with Gasteiger partial charge in [-0.05, 0) is 47.9 Å². The zero-order chi connectivity index (χ0) is 17.1. The Morgan fingerprint density at radius 1 is 1.21 bits per heavy atom. The molecule has 2 aromatic rings. The SMILES string of the molecule is CN1C(=O)CCc2cc(NC(=O)C=Cc3ccccc3Cl)ccc21. The van der Waals surface area contributed by atoms with Gasteiger partial charge in [0.25, 0.3) is 0 Å². The monoisotopic (exact) mass is 340 g/mol. The Bertz CT molecular complexity index is 830. The molecule has 0 radical (unpaired) electrons. The van der Waals surface area contributed by atoms with E-state index in [1.165, 1.54) is 6.08 Å². The Labute approximate surface area is 145 Å². The molecule has 0 aliphatic carbocycles. The van der Waals surface area contributed by atoms with Crippen LogP contribution >= 0.6 is 11.6 Å². The second-order valence-electron chi connectivity index (χ2n) is 5.64. The van der Waals surface area contributed by atoms with E-state index in [2.05, 4.69) is 5.32 Å². The number of benzene rings is 2. The lowest BCUT2D eigenvalue weighted by atomic mass is 10.0. The Morgan fingerprint density at radius 2 is 2.00 bits per heavy atom. The van der Waals surface area contributed by atoms with Crippen molar-refractivity contribution in [1.29, 1.82) is 0 Å². The number of hydrogen-bond donors (Lipinski definition) is 1. The lowest BCUT2D eigenvalue weighted by Crippen LogP contribution is -2.31. The van der Waals surface area contributed by atoms with Gasteiger partial charge in [0.15, 0.2) is 0 Å². The van der Waals surface area contributed by atoms with E-state index in [9.17, 15) is 9.59 Å². The molecule has 2 aromatic carbocycles. The third-order valence-corrected chi connectivity index (χ3v) is 4.35. The molecule has 24 heavy (non-hydrogen) atoms. The van der Waals surface area contributed by atoms with Gasteiger partial charge in [-0.25, -0.2) is 0 Å². The van der Waals surface area contributed by atoms with E-state index in [-0.39, 0.29) is 11.8 Å². The van der Waals surface area contributed by atoms with Crippen molar-refractivity contribution in [3.05, 3.63) is 64.7 Å². The van der Waals surface area contributed by atoms with Gasteiger partial charge in [-0.1, -0.05) is 29.8 Å². The standard InChI is InChI=1S/C19H17ClN2O2/c1-22-17-9-8-15(12-14(17)7-11-19(22)24)21-18(23)10-6-13-4-2-3-5-16(13)20/h2-6,8-10,12H,7,11H2,1H3,(H,21,23). The fourth-order valence-corrected chi connectivity index (χ4v) is 2.89. The smallest absolute Gasteiger partial charge is 0.248 e. The van der Waals surface area contributed by atoms with Gasteiger partial charge in [0.2, 0.25) is 11.8 Å². The van der Waals surface area contributed by atoms with Crippen molar-refractivity contribution >= 4 is 40.9 Å². The van der Waals surface area contributed by atoms with Gasteiger partial charge >= 0.3 is 0 Å². The highest BCUT2D eigenvalue weighted by molar-refractivity contribution is 6.32. The molecule has 1 N–H and O–H groups in total. The first-order chi connectivity index (χ1) is 11.5. The van der Waals surface area contributed by atoms with Crippen molar-refractivity contribution in [3.8, 4) is 0 Å². The topological polar surface area (TPSA) is 49.4 Å². The zero-order valence-electron chi connectivity index (χ0n) is 13.3. The summed E-state index contributed by atoms with van der Waals surface area (Å²) in [6.07, 6.45) is 4.32. The molecular weight excluding hydrogens is 324 g/mol. The van der Waals surface area contributed by atoms with Crippen LogP contribution in [0, 0.1) is 0 Å². The highest BCUT2D eigenvalue weighted by atomic mass is 35.5. The summed E-state index contributed by atoms with van der Waals surface area (Å²) < 4.78 is 0. The van der Waals surface area contributed by atoms with E-state index in [1.54, 1.807) is 30.2 Å². The first-order valence-corrected chi connectivity index (χ1v) is 8.05. The normalized spacial score (nSPS) is 13.9. The van der Waals surface area contributed by atoms with Crippen LogP contribution in [0.25, 0.3) is 6.08 Å². The van der Waals surface area contributed by atoms with Crippen molar-refractivity contribution in [2.75, 3.05) is 17.3 Å². The van der Waals surface area contributed by atoms with E-state index in [1.807, 2.05) is 30.3 Å². The van der Waals surface area contributed by atoms with Crippen molar-refractivity contribution in [3.63, 3.8) is 0 Å². The second kappa shape index (κ2) is 6.89. The quantitative estimate of drug-likeness (QED) is 0.861. The minimum absolute atomic E-state index is 0.113. The fourth-order valence-electron chi connectivity index (χ4n) is 2.69. The van der Waals surface area contributed by atoms with Crippen LogP contribution in [0.15, 0.2) is 48.5 Å². The van der Waals surface area contributed by atoms with Crippen LogP contribution < -0.4 is 10.2 Å². The number of halogens is 1. The molecule has 1 aliphatic rings. The van der Waals surface area contributed by atoms with Crippen molar-refractivity contribution in [2.24, 2.45) is 0 Å². The number of aryl methyl sites for hydroxylation is 1. The summed E-state index contributed by atoms with van der Waals surface area (Å²) in [5, 5.41) is 3.44. The summed E-state index contributed by atoms with van der Waals surface area (Å²) in [6.45, 7) is 0. The molecule has 0 aromatic heterocycles. The van der Waals surface area contributed by atoms with Crippen LogP contribution in [0.3, 0.4) is 0 Å². The summed E-state index contributed by atoms with van der Waals surface area (Å²) in [5.41, 5.74) is 3.46. The molecule has 2 amide bonds. The Balaban J connectivity index is 1.71. The summed E-state index contributed by atoms with van der Waals surface area (Å²) in [7, 11) is 1.77. The minimum Gasteiger partial charge on any atom is -0.323 e. The molecule has 5 heteroatoms. The van der Waals surface area contributed by atoms with Gasteiger partial charge in [0.05, 0.1) is 0 Å². The average molecular weight is 341 g/mol. The van der Waals surface area contributed by atoms with Gasteiger partial charge in [-0.15, -0.1) is 0 Å².